The smallest absolute Gasteiger partial charge is 0.202 e. The van der Waals surface area contributed by atoms with E-state index in [2.05, 4.69) is 0 Å². The second-order valence-electron chi connectivity index (χ2n) is 22.1. The number of aryl methyl sites for hydroxylation is 1. The van der Waals surface area contributed by atoms with Gasteiger partial charge in [0.05, 0.1) is 90.5 Å². The van der Waals surface area contributed by atoms with E-state index >= 15 is 0 Å². The van der Waals surface area contributed by atoms with Gasteiger partial charge in [0, 0.05) is 61.7 Å². The van der Waals surface area contributed by atoms with Gasteiger partial charge in [-0.1, -0.05) is 6.07 Å². The van der Waals surface area contributed by atoms with Gasteiger partial charge in [-0.25, -0.2) is 0 Å². The maximum absolute atomic E-state index is 14.2. The lowest BCUT2D eigenvalue weighted by atomic mass is 9.72. The zero-order valence-corrected chi connectivity index (χ0v) is 44.2. The molecule has 0 unspecified atom stereocenters. The lowest BCUT2D eigenvalue weighted by molar-refractivity contribution is -0.340. The Labute approximate surface area is 445 Å². The molecule has 8 N–H and O–H groups in total. The van der Waals surface area contributed by atoms with Gasteiger partial charge in [-0.05, 0) is 90.6 Å². The highest BCUT2D eigenvalue weighted by Gasteiger charge is 2.49. The van der Waals surface area contributed by atoms with Gasteiger partial charge in [0.25, 0.3) is 0 Å². The van der Waals surface area contributed by atoms with E-state index in [4.69, 9.17) is 56.8 Å². The molecule has 0 saturated carbocycles. The minimum Gasteiger partial charge on any atom is -0.507 e. The molecule has 2 aromatic rings. The average Bonchev–Trinajstić information content (AvgIpc) is 3.41. The van der Waals surface area contributed by atoms with Crippen molar-refractivity contribution >= 4 is 17.1 Å². The van der Waals surface area contributed by atoms with Crippen LogP contribution in [0.4, 0.5) is 0 Å². The number of phenols is 2. The highest BCUT2D eigenvalue weighted by atomic mass is 16.8. The summed E-state index contributed by atoms with van der Waals surface area (Å²) in [5.74, 6) is -2.36. The third-order valence-electron chi connectivity index (χ3n) is 16.3. The molecule has 22 nitrogen and oxygen atoms in total. The summed E-state index contributed by atoms with van der Waals surface area (Å²) in [7, 11) is 0. The molecule has 22 heteroatoms. The van der Waals surface area contributed by atoms with Crippen LogP contribution >= 0.6 is 0 Å². The first-order valence-electron chi connectivity index (χ1n) is 27.1. The summed E-state index contributed by atoms with van der Waals surface area (Å²) < 4.78 is 74.1. The highest BCUT2D eigenvalue weighted by molar-refractivity contribution is 6.42. The number of allylic oxidation sites excluding steroid dienone is 1. The van der Waals surface area contributed by atoms with E-state index in [1.165, 1.54) is 18.2 Å². The number of ether oxygens (including phenoxy) is 12. The van der Waals surface area contributed by atoms with Crippen LogP contribution in [0.25, 0.3) is 5.57 Å². The molecule has 0 aromatic heterocycles. The molecule has 2 aromatic carbocycles. The molecule has 23 atom stereocenters. The maximum atomic E-state index is 14.2. The fourth-order valence-corrected chi connectivity index (χ4v) is 12.2. The van der Waals surface area contributed by atoms with Crippen LogP contribution in [0.1, 0.15) is 130 Å². The number of benzene rings is 2. The number of hydrogen-bond donors (Lipinski definition) is 8. The maximum Gasteiger partial charge on any atom is 0.202 e. The molecule has 6 fully saturated rings. The minimum absolute atomic E-state index is 0.0260. The Bertz CT molecular complexity index is 2480. The van der Waals surface area contributed by atoms with Gasteiger partial charge >= 0.3 is 0 Å². The van der Waals surface area contributed by atoms with Crippen molar-refractivity contribution in [1.29, 1.82) is 0 Å². The first-order chi connectivity index (χ1) is 36.6. The summed E-state index contributed by atoms with van der Waals surface area (Å²) in [4.78, 5) is 28.4. The van der Waals surface area contributed by atoms with Crippen LogP contribution in [-0.2, 0) is 58.5 Å². The SMILES string of the molecule is Cc1cc(O)c2c(c1)C[C@H](O)C1=C2C(=O)c2c(O)ccc(O[C@H]3C[C@H](O)[C@@H](O[C@@H]4C[C@H](O[C@H]5CC[C@@H](O[C@@H]6C[C@@H](O)[C@@H](O[C@H]7C[C@@H](O[C@@H]8CC[C@@H](O)[C@@H](C)O8)[C@@H](O)[C@@H](C)O7)[C@@H](C)O6)[C@H](C)O5)[C@H](O)[C@H](C)O4)[C@H](C)O3)c2C1=O. The topological polar surface area (TPSA) is 307 Å². The fourth-order valence-electron chi connectivity index (χ4n) is 12.2. The first kappa shape index (κ1) is 56.5. The molecule has 6 saturated heterocycles. The Hall–Kier alpha value is -3.76. The van der Waals surface area contributed by atoms with Crippen molar-refractivity contribution in [2.24, 2.45) is 0 Å². The number of carbonyl (C=O) groups excluding carboxylic acids is 2. The number of ketones is 2. The van der Waals surface area contributed by atoms with E-state index in [-0.39, 0.29) is 71.4 Å². The lowest BCUT2D eigenvalue weighted by Crippen LogP contribution is -2.56. The number of hydrogen-bond acceptors (Lipinski definition) is 22. The Morgan fingerprint density at radius 3 is 1.58 bits per heavy atom. The number of aromatic hydroxyl groups is 2. The average molecular weight is 1090 g/mol. The molecule has 0 spiro atoms. The van der Waals surface area contributed by atoms with Crippen LogP contribution in [0.5, 0.6) is 17.2 Å². The highest BCUT2D eigenvalue weighted by Crippen LogP contribution is 2.48. The normalized spacial score (nSPS) is 42.6. The lowest BCUT2D eigenvalue weighted by Gasteiger charge is -2.45. The molecule has 8 aliphatic rings. The van der Waals surface area contributed by atoms with E-state index in [9.17, 15) is 50.4 Å². The number of fused-ring (bicyclic) bond motifs is 3. The van der Waals surface area contributed by atoms with Crippen molar-refractivity contribution in [1.82, 2.24) is 0 Å². The second kappa shape index (κ2) is 23.0. The fraction of sp³-hybridized carbons (Fsp3) is 0.709. The van der Waals surface area contributed by atoms with E-state index < -0.39 is 159 Å². The molecule has 6 heterocycles. The Morgan fingerprint density at radius 2 is 1.00 bits per heavy atom. The third kappa shape index (κ3) is 11.6. The van der Waals surface area contributed by atoms with Gasteiger partial charge in [-0.15, -0.1) is 0 Å². The number of carbonyl (C=O) groups is 2. The summed E-state index contributed by atoms with van der Waals surface area (Å²) >= 11 is 0. The molecule has 10 rings (SSSR count). The van der Waals surface area contributed by atoms with Crippen molar-refractivity contribution in [3.8, 4) is 17.2 Å². The molecule has 426 valence electrons. The van der Waals surface area contributed by atoms with Gasteiger partial charge in [-0.3, -0.25) is 9.59 Å². The van der Waals surface area contributed by atoms with Gasteiger partial charge in [0.15, 0.2) is 43.0 Å². The zero-order chi connectivity index (χ0) is 54.9. The Balaban J connectivity index is 0.699. The zero-order valence-electron chi connectivity index (χ0n) is 44.2. The number of phenolic OH excluding ortho intramolecular Hbond substituents is 2. The van der Waals surface area contributed by atoms with Crippen molar-refractivity contribution in [2.45, 2.75) is 248 Å². The monoisotopic (exact) mass is 1090 g/mol. The summed E-state index contributed by atoms with van der Waals surface area (Å²) in [6.45, 7) is 12.2. The van der Waals surface area contributed by atoms with E-state index in [0.29, 0.717) is 36.8 Å². The minimum atomic E-state index is -1.38. The predicted molar refractivity (Wildman–Crippen MR) is 264 cm³/mol. The molecular formula is C55H74O22. The summed E-state index contributed by atoms with van der Waals surface area (Å²) in [5, 5.41) is 88.0. The molecule has 0 radical (unpaired) electrons. The first-order valence-corrected chi connectivity index (χ1v) is 27.1. The van der Waals surface area contributed by atoms with Crippen LogP contribution in [0.2, 0.25) is 0 Å². The largest absolute Gasteiger partial charge is 0.507 e. The van der Waals surface area contributed by atoms with Crippen LogP contribution in [-0.4, -0.2) is 194 Å². The van der Waals surface area contributed by atoms with Gasteiger partial charge < -0.3 is 97.7 Å². The second-order valence-corrected chi connectivity index (χ2v) is 22.1. The number of aliphatic hydroxyl groups excluding tert-OH is 6. The van der Waals surface area contributed by atoms with Gasteiger partial charge in [-0.2, -0.15) is 0 Å². The summed E-state index contributed by atoms with van der Waals surface area (Å²) in [5.41, 5.74) is 0.302. The Kier molecular flexibility index (Phi) is 16.9. The third-order valence-corrected chi connectivity index (χ3v) is 16.3. The van der Waals surface area contributed by atoms with Crippen molar-refractivity contribution in [3.63, 3.8) is 0 Å². The molecular weight excluding hydrogens is 1010 g/mol. The quantitative estimate of drug-likeness (QED) is 0.152. The van der Waals surface area contributed by atoms with Crippen LogP contribution < -0.4 is 4.74 Å². The molecule has 77 heavy (non-hydrogen) atoms. The van der Waals surface area contributed by atoms with Crippen LogP contribution in [0.3, 0.4) is 0 Å². The number of Topliss-reactive ketones (excluding diaryl/α,β-unsaturated/α-hetero) is 2. The van der Waals surface area contributed by atoms with E-state index in [0.717, 1.165) is 0 Å². The molecule has 6 aliphatic heterocycles. The summed E-state index contributed by atoms with van der Waals surface area (Å²) in [6, 6.07) is 5.70. The van der Waals surface area contributed by atoms with Crippen LogP contribution in [0, 0.1) is 6.92 Å². The standard InChI is InChI=1S/C55H74O22/c1-21-14-28-16-32(59)47-49(45(28)31(58)15-21)53(65)46-30(57)8-10-36(48(46)52(47)64)73-42-18-34(61)55(27(7)71-42)77-44-20-38(51(63)25(5)69-44)75-40-13-11-35(23(3)67-40)72-41-17-33(60)54(26(6)70-41)76-43-19-37(50(62)24(4)68-43)74-39-12-9-29(56)22(2)66-39/h8,10,14-15,22-27,29,32-35,37-44,50-51,54-63H,9,11-13,16-20H2,1-7H3/t22-,23+,24-,25+,26-,27+,29-,32+,33-,34+,35-,37-,38+,39-,40+,41-,42+,43+,44-,50+,51-,54+,55+/m1/s1. The van der Waals surface area contributed by atoms with Gasteiger partial charge in [0.1, 0.15) is 41.7 Å². The molecule has 0 amide bonds. The predicted octanol–water partition coefficient (Wildman–Crippen LogP) is 2.85. The summed E-state index contributed by atoms with van der Waals surface area (Å²) in [6.07, 6.45) is -16.2. The van der Waals surface area contributed by atoms with Crippen molar-refractivity contribution < 1.29 is 107 Å². The Morgan fingerprint density at radius 1 is 0.481 bits per heavy atom. The molecule has 0 bridgehead atoms. The van der Waals surface area contributed by atoms with Crippen LogP contribution in [0.15, 0.2) is 29.8 Å². The van der Waals surface area contributed by atoms with Crippen molar-refractivity contribution in [3.05, 3.63) is 57.7 Å². The van der Waals surface area contributed by atoms with Crippen molar-refractivity contribution in [2.75, 3.05) is 0 Å². The van der Waals surface area contributed by atoms with Gasteiger partial charge in [0.2, 0.25) is 6.29 Å². The van der Waals surface area contributed by atoms with E-state index in [1.807, 2.05) is 6.92 Å². The van der Waals surface area contributed by atoms with E-state index in [1.54, 1.807) is 47.6 Å². The number of aliphatic hydroxyl groups is 6. The molecule has 2 aliphatic carbocycles. The number of rotatable bonds is 12.